The van der Waals surface area contributed by atoms with Gasteiger partial charge in [-0.05, 0) is 68.7 Å². The van der Waals surface area contributed by atoms with Gasteiger partial charge in [-0.3, -0.25) is 0 Å². The summed E-state index contributed by atoms with van der Waals surface area (Å²) in [6, 6.07) is 0.800. The minimum atomic E-state index is 0.606. The topological polar surface area (TPSA) is 12.0 Å². The summed E-state index contributed by atoms with van der Waals surface area (Å²) < 4.78 is 0. The van der Waals surface area contributed by atoms with Crippen LogP contribution in [0.4, 0.5) is 0 Å². The van der Waals surface area contributed by atoms with Gasteiger partial charge in [0.25, 0.3) is 0 Å². The molecule has 1 nitrogen and oxygen atoms in total. The molecule has 1 unspecified atom stereocenters. The Morgan fingerprint density at radius 1 is 0.947 bits per heavy atom. The maximum Gasteiger partial charge on any atom is 0.0121 e. The summed E-state index contributed by atoms with van der Waals surface area (Å²) in [5, 5.41) is 3.70. The summed E-state index contributed by atoms with van der Waals surface area (Å²) in [6.07, 6.45) is 13.1. The number of nitrogens with one attached hydrogen (secondary N) is 1. The van der Waals surface area contributed by atoms with Gasteiger partial charge in [-0.15, -0.1) is 0 Å². The van der Waals surface area contributed by atoms with Crippen LogP contribution in [0.2, 0.25) is 0 Å². The van der Waals surface area contributed by atoms with Crippen LogP contribution in [-0.2, 0) is 0 Å². The van der Waals surface area contributed by atoms with Gasteiger partial charge in [0.05, 0.1) is 0 Å². The van der Waals surface area contributed by atoms with Crippen molar-refractivity contribution in [2.75, 3.05) is 7.05 Å². The Labute approximate surface area is 120 Å². The molecule has 0 aromatic rings. The summed E-state index contributed by atoms with van der Waals surface area (Å²) in [7, 11) is 2.20. The van der Waals surface area contributed by atoms with Crippen LogP contribution in [-0.4, -0.2) is 13.1 Å². The van der Waals surface area contributed by atoms with Crippen molar-refractivity contribution in [2.45, 2.75) is 84.6 Å². The quantitative estimate of drug-likeness (QED) is 0.753. The van der Waals surface area contributed by atoms with Gasteiger partial charge in [0.15, 0.2) is 0 Å². The highest BCUT2D eigenvalue weighted by Crippen LogP contribution is 2.43. The zero-order chi connectivity index (χ0) is 13.9. The van der Waals surface area contributed by atoms with Crippen LogP contribution >= 0.6 is 0 Å². The largest absolute Gasteiger partial charge is 0.316 e. The zero-order valence-corrected chi connectivity index (χ0v) is 13.7. The summed E-state index contributed by atoms with van der Waals surface area (Å²) >= 11 is 0. The van der Waals surface area contributed by atoms with E-state index >= 15 is 0 Å². The van der Waals surface area contributed by atoms with E-state index in [1.165, 1.54) is 57.8 Å². The predicted octanol–water partition coefficient (Wildman–Crippen LogP) is 5.01. The van der Waals surface area contributed by atoms with Gasteiger partial charge in [-0.2, -0.15) is 0 Å². The Bertz CT molecular complexity index is 253. The second kappa shape index (κ2) is 6.61. The molecule has 1 atom stereocenters. The summed E-state index contributed by atoms with van der Waals surface area (Å²) in [5.74, 6) is 2.93. The fourth-order valence-electron chi connectivity index (χ4n) is 4.59. The van der Waals surface area contributed by atoms with E-state index in [-0.39, 0.29) is 0 Å². The summed E-state index contributed by atoms with van der Waals surface area (Å²) in [5.41, 5.74) is 0.606. The molecular formula is C18H35N. The van der Waals surface area contributed by atoms with Crippen molar-refractivity contribution in [2.24, 2.45) is 23.2 Å². The number of hydrogen-bond donors (Lipinski definition) is 1. The summed E-state index contributed by atoms with van der Waals surface area (Å²) in [4.78, 5) is 0. The highest BCUT2D eigenvalue weighted by molar-refractivity contribution is 4.90. The molecule has 0 aromatic heterocycles. The van der Waals surface area contributed by atoms with Crippen molar-refractivity contribution in [1.82, 2.24) is 5.32 Å². The molecule has 0 aliphatic heterocycles. The van der Waals surface area contributed by atoms with Gasteiger partial charge in [0.2, 0.25) is 0 Å². The van der Waals surface area contributed by atoms with E-state index in [4.69, 9.17) is 0 Å². The van der Waals surface area contributed by atoms with E-state index in [1.807, 2.05) is 0 Å². The normalized spacial score (nSPS) is 34.1. The Morgan fingerprint density at radius 2 is 1.47 bits per heavy atom. The molecule has 0 radical (unpaired) electrons. The van der Waals surface area contributed by atoms with Crippen LogP contribution in [0.3, 0.4) is 0 Å². The van der Waals surface area contributed by atoms with Crippen LogP contribution < -0.4 is 5.32 Å². The van der Waals surface area contributed by atoms with E-state index in [0.29, 0.717) is 5.41 Å². The minimum Gasteiger partial charge on any atom is -0.316 e. The van der Waals surface area contributed by atoms with E-state index in [9.17, 15) is 0 Å². The van der Waals surface area contributed by atoms with Crippen LogP contribution in [0.1, 0.15) is 78.6 Å². The lowest BCUT2D eigenvalue weighted by molar-refractivity contribution is 0.116. The highest BCUT2D eigenvalue weighted by atomic mass is 14.9. The maximum absolute atomic E-state index is 3.70. The first-order valence-electron chi connectivity index (χ1n) is 8.73. The fourth-order valence-corrected chi connectivity index (χ4v) is 4.59. The smallest absolute Gasteiger partial charge is 0.0121 e. The molecule has 0 heterocycles. The highest BCUT2D eigenvalue weighted by Gasteiger charge is 2.35. The van der Waals surface area contributed by atoms with Gasteiger partial charge in [0.1, 0.15) is 0 Å². The molecule has 112 valence electrons. The number of hydrogen-bond acceptors (Lipinski definition) is 1. The standard InChI is InChI=1S/C18H35N/c1-5-14-6-8-15(9-7-14)17(19-4)16-10-12-18(2,3)13-11-16/h14-17,19H,5-13H2,1-4H3. The van der Waals surface area contributed by atoms with E-state index in [0.717, 1.165) is 23.8 Å². The molecule has 0 saturated heterocycles. The van der Waals surface area contributed by atoms with Crippen molar-refractivity contribution >= 4 is 0 Å². The van der Waals surface area contributed by atoms with E-state index in [2.05, 4.69) is 33.1 Å². The van der Waals surface area contributed by atoms with Crippen molar-refractivity contribution in [3.05, 3.63) is 0 Å². The molecule has 0 amide bonds. The second-order valence-corrected chi connectivity index (χ2v) is 8.01. The first-order valence-corrected chi connectivity index (χ1v) is 8.73. The van der Waals surface area contributed by atoms with Gasteiger partial charge in [-0.1, -0.05) is 40.0 Å². The van der Waals surface area contributed by atoms with E-state index < -0.39 is 0 Å². The third-order valence-corrected chi connectivity index (χ3v) is 6.20. The third-order valence-electron chi connectivity index (χ3n) is 6.20. The maximum atomic E-state index is 3.70. The van der Waals surface area contributed by atoms with Crippen molar-refractivity contribution < 1.29 is 0 Å². The lowest BCUT2D eigenvalue weighted by atomic mass is 9.67. The fraction of sp³-hybridized carbons (Fsp3) is 1.00. The zero-order valence-electron chi connectivity index (χ0n) is 13.7. The van der Waals surface area contributed by atoms with Gasteiger partial charge in [0, 0.05) is 6.04 Å². The molecule has 2 fully saturated rings. The lowest BCUT2D eigenvalue weighted by Crippen LogP contribution is -2.43. The van der Waals surface area contributed by atoms with Crippen LogP contribution in [0.5, 0.6) is 0 Å². The van der Waals surface area contributed by atoms with Crippen molar-refractivity contribution in [3.8, 4) is 0 Å². The first-order chi connectivity index (χ1) is 9.05. The van der Waals surface area contributed by atoms with Crippen LogP contribution in [0.25, 0.3) is 0 Å². The van der Waals surface area contributed by atoms with Crippen LogP contribution in [0.15, 0.2) is 0 Å². The van der Waals surface area contributed by atoms with Crippen LogP contribution in [0, 0.1) is 23.2 Å². The molecule has 2 saturated carbocycles. The van der Waals surface area contributed by atoms with Crippen molar-refractivity contribution in [1.29, 1.82) is 0 Å². The van der Waals surface area contributed by atoms with Gasteiger partial charge >= 0.3 is 0 Å². The molecular weight excluding hydrogens is 230 g/mol. The molecule has 0 bridgehead atoms. The molecule has 2 rings (SSSR count). The predicted molar refractivity (Wildman–Crippen MR) is 84.3 cm³/mol. The molecule has 19 heavy (non-hydrogen) atoms. The lowest BCUT2D eigenvalue weighted by Gasteiger charge is -2.42. The molecule has 2 aliphatic carbocycles. The van der Waals surface area contributed by atoms with E-state index in [1.54, 1.807) is 0 Å². The second-order valence-electron chi connectivity index (χ2n) is 8.01. The Balaban J connectivity index is 1.87. The minimum absolute atomic E-state index is 0.606. The Kier molecular flexibility index (Phi) is 5.34. The summed E-state index contributed by atoms with van der Waals surface area (Å²) in [6.45, 7) is 7.26. The average molecular weight is 265 g/mol. The molecule has 0 spiro atoms. The van der Waals surface area contributed by atoms with Crippen molar-refractivity contribution in [3.63, 3.8) is 0 Å². The SMILES string of the molecule is CCC1CCC(C(NC)C2CCC(C)(C)CC2)CC1. The Morgan fingerprint density at radius 3 is 1.95 bits per heavy atom. The Hall–Kier alpha value is -0.0400. The first kappa shape index (κ1) is 15.4. The third kappa shape index (κ3) is 3.97. The average Bonchev–Trinajstić information content (AvgIpc) is 2.42. The van der Waals surface area contributed by atoms with Gasteiger partial charge < -0.3 is 5.32 Å². The van der Waals surface area contributed by atoms with Gasteiger partial charge in [-0.25, -0.2) is 0 Å². The molecule has 0 aromatic carbocycles. The monoisotopic (exact) mass is 265 g/mol. The number of rotatable bonds is 4. The molecule has 2 aliphatic rings. The molecule has 1 N–H and O–H groups in total. The molecule has 1 heteroatoms.